The molecule has 100 valence electrons. The predicted molar refractivity (Wildman–Crippen MR) is 80.9 cm³/mol. The van der Waals surface area contributed by atoms with Crippen LogP contribution in [0.4, 0.5) is 0 Å². The van der Waals surface area contributed by atoms with Gasteiger partial charge in [-0.3, -0.25) is 4.79 Å². The predicted octanol–water partition coefficient (Wildman–Crippen LogP) is 3.28. The van der Waals surface area contributed by atoms with Crippen LogP contribution in [0, 0.1) is 18.3 Å². The van der Waals surface area contributed by atoms with E-state index in [0.717, 1.165) is 15.3 Å². The molecule has 0 spiro atoms. The van der Waals surface area contributed by atoms with Crippen molar-refractivity contribution < 1.29 is 4.79 Å². The van der Waals surface area contributed by atoms with Crippen LogP contribution in [0.1, 0.15) is 15.3 Å². The molecule has 0 bridgehead atoms. The van der Waals surface area contributed by atoms with Crippen molar-refractivity contribution in [3.63, 3.8) is 0 Å². The van der Waals surface area contributed by atoms with Crippen LogP contribution >= 0.6 is 11.3 Å². The number of nitrogens with zero attached hydrogens (tertiary/aromatic N) is 1. The standard InChI is InChI=1S/C16H14N2OS/c1-12-7-8-15(20-12)9-14(10-17)16(19)18-11-13-5-3-2-4-6-13/h2-9H,11H2,1H3,(H,18,19)/b14-9-. The van der Waals surface area contributed by atoms with Crippen LogP contribution in [-0.4, -0.2) is 5.91 Å². The van der Waals surface area contributed by atoms with Crippen LogP contribution in [0.15, 0.2) is 48.0 Å². The van der Waals surface area contributed by atoms with Crippen molar-refractivity contribution >= 4 is 23.3 Å². The summed E-state index contributed by atoms with van der Waals surface area (Å²) in [7, 11) is 0. The van der Waals surface area contributed by atoms with Gasteiger partial charge in [-0.15, -0.1) is 11.3 Å². The summed E-state index contributed by atoms with van der Waals surface area (Å²) >= 11 is 1.56. The van der Waals surface area contributed by atoms with Crippen LogP contribution in [0.3, 0.4) is 0 Å². The molecular weight excluding hydrogens is 268 g/mol. The third kappa shape index (κ3) is 3.81. The quantitative estimate of drug-likeness (QED) is 0.691. The van der Waals surface area contributed by atoms with E-state index in [-0.39, 0.29) is 11.5 Å². The first-order chi connectivity index (χ1) is 9.69. The van der Waals surface area contributed by atoms with Crippen molar-refractivity contribution in [2.45, 2.75) is 13.5 Å². The number of thiophene rings is 1. The lowest BCUT2D eigenvalue weighted by Gasteiger charge is -2.03. The van der Waals surface area contributed by atoms with E-state index in [2.05, 4.69) is 5.32 Å². The van der Waals surface area contributed by atoms with Crippen LogP contribution in [0.2, 0.25) is 0 Å². The fourth-order valence-corrected chi connectivity index (χ4v) is 2.52. The Kier molecular flexibility index (Phi) is 4.70. The molecule has 0 saturated carbocycles. The first-order valence-corrected chi connectivity index (χ1v) is 7.01. The molecule has 0 fully saturated rings. The molecule has 1 aromatic heterocycles. The summed E-state index contributed by atoms with van der Waals surface area (Å²) in [5, 5.41) is 11.8. The highest BCUT2D eigenvalue weighted by atomic mass is 32.1. The molecule has 4 heteroatoms. The fourth-order valence-electron chi connectivity index (χ4n) is 1.70. The molecule has 0 aliphatic carbocycles. The number of aryl methyl sites for hydroxylation is 1. The maximum Gasteiger partial charge on any atom is 0.262 e. The van der Waals surface area contributed by atoms with Gasteiger partial charge in [-0.05, 0) is 30.7 Å². The van der Waals surface area contributed by atoms with E-state index in [9.17, 15) is 4.79 Å². The third-order valence-corrected chi connectivity index (χ3v) is 3.66. The third-order valence-electron chi connectivity index (χ3n) is 2.71. The van der Waals surface area contributed by atoms with Crippen molar-refractivity contribution in [2.75, 3.05) is 0 Å². The van der Waals surface area contributed by atoms with Gasteiger partial charge in [-0.25, -0.2) is 0 Å². The SMILES string of the molecule is Cc1ccc(/C=C(/C#N)C(=O)NCc2ccccc2)s1. The summed E-state index contributed by atoms with van der Waals surface area (Å²) in [6, 6.07) is 15.4. The Bertz CT molecular complexity index is 665. The summed E-state index contributed by atoms with van der Waals surface area (Å²) < 4.78 is 0. The second-order valence-electron chi connectivity index (χ2n) is 4.29. The minimum Gasteiger partial charge on any atom is -0.347 e. The monoisotopic (exact) mass is 282 g/mol. The highest BCUT2D eigenvalue weighted by Gasteiger charge is 2.09. The zero-order valence-corrected chi connectivity index (χ0v) is 11.9. The summed E-state index contributed by atoms with van der Waals surface area (Å²) in [6.45, 7) is 2.41. The zero-order chi connectivity index (χ0) is 14.4. The maximum atomic E-state index is 12.0. The number of carbonyl (C=O) groups is 1. The summed E-state index contributed by atoms with van der Waals surface area (Å²) in [5.74, 6) is -0.345. The van der Waals surface area contributed by atoms with Gasteiger partial charge in [0.1, 0.15) is 11.6 Å². The molecule has 1 heterocycles. The molecule has 0 aliphatic heterocycles. The Morgan fingerprint density at radius 3 is 2.65 bits per heavy atom. The summed E-state index contributed by atoms with van der Waals surface area (Å²) in [4.78, 5) is 14.0. The minimum absolute atomic E-state index is 0.128. The molecule has 1 aromatic carbocycles. The Morgan fingerprint density at radius 1 is 1.30 bits per heavy atom. The maximum absolute atomic E-state index is 12.0. The number of hydrogen-bond donors (Lipinski definition) is 1. The van der Waals surface area contributed by atoms with Crippen molar-refractivity contribution in [3.8, 4) is 6.07 Å². The van der Waals surface area contributed by atoms with E-state index in [1.165, 1.54) is 0 Å². The average molecular weight is 282 g/mol. The summed E-state index contributed by atoms with van der Waals surface area (Å²) in [6.07, 6.45) is 1.62. The van der Waals surface area contributed by atoms with E-state index >= 15 is 0 Å². The normalized spacial score (nSPS) is 10.9. The summed E-state index contributed by atoms with van der Waals surface area (Å²) in [5.41, 5.74) is 1.13. The van der Waals surface area contributed by atoms with Gasteiger partial charge >= 0.3 is 0 Å². The Labute approximate surface area is 122 Å². The topological polar surface area (TPSA) is 52.9 Å². The average Bonchev–Trinajstić information content (AvgIpc) is 2.88. The Hall–Kier alpha value is -2.38. The van der Waals surface area contributed by atoms with Gasteiger partial charge in [0.25, 0.3) is 5.91 Å². The lowest BCUT2D eigenvalue weighted by molar-refractivity contribution is -0.117. The van der Waals surface area contributed by atoms with E-state index < -0.39 is 0 Å². The number of rotatable bonds is 4. The number of amides is 1. The smallest absolute Gasteiger partial charge is 0.262 e. The Balaban J connectivity index is 2.03. The molecule has 20 heavy (non-hydrogen) atoms. The van der Waals surface area contributed by atoms with Crippen LogP contribution in [0.25, 0.3) is 6.08 Å². The molecule has 0 aliphatic rings. The minimum atomic E-state index is -0.345. The lowest BCUT2D eigenvalue weighted by Crippen LogP contribution is -2.23. The molecule has 1 N–H and O–H groups in total. The second kappa shape index (κ2) is 6.69. The number of nitriles is 1. The molecule has 0 unspecified atom stereocenters. The molecule has 2 rings (SSSR count). The van der Waals surface area contributed by atoms with Crippen molar-refractivity contribution in [1.82, 2.24) is 5.32 Å². The van der Waals surface area contributed by atoms with Gasteiger partial charge in [0.05, 0.1) is 0 Å². The lowest BCUT2D eigenvalue weighted by atomic mass is 10.2. The Morgan fingerprint density at radius 2 is 2.05 bits per heavy atom. The largest absolute Gasteiger partial charge is 0.347 e. The first-order valence-electron chi connectivity index (χ1n) is 6.19. The van der Waals surface area contributed by atoms with Gasteiger partial charge in [0.15, 0.2) is 0 Å². The fraction of sp³-hybridized carbons (Fsp3) is 0.125. The highest BCUT2D eigenvalue weighted by Crippen LogP contribution is 2.18. The van der Waals surface area contributed by atoms with E-state index in [1.54, 1.807) is 17.4 Å². The van der Waals surface area contributed by atoms with Crippen molar-refractivity contribution in [3.05, 3.63) is 63.4 Å². The van der Waals surface area contributed by atoms with Gasteiger partial charge in [-0.2, -0.15) is 5.26 Å². The van der Waals surface area contributed by atoms with Gasteiger partial charge in [0, 0.05) is 16.3 Å². The molecule has 3 nitrogen and oxygen atoms in total. The molecule has 0 saturated heterocycles. The van der Waals surface area contributed by atoms with Crippen LogP contribution in [0.5, 0.6) is 0 Å². The molecular formula is C16H14N2OS. The number of carbonyl (C=O) groups excluding carboxylic acids is 1. The molecule has 2 aromatic rings. The van der Waals surface area contributed by atoms with E-state index in [1.807, 2.05) is 55.5 Å². The number of hydrogen-bond acceptors (Lipinski definition) is 3. The zero-order valence-electron chi connectivity index (χ0n) is 11.1. The van der Waals surface area contributed by atoms with Crippen molar-refractivity contribution in [2.24, 2.45) is 0 Å². The molecule has 0 radical (unpaired) electrons. The second-order valence-corrected chi connectivity index (χ2v) is 5.61. The van der Waals surface area contributed by atoms with Gasteiger partial charge < -0.3 is 5.32 Å². The van der Waals surface area contributed by atoms with Crippen LogP contribution < -0.4 is 5.32 Å². The van der Waals surface area contributed by atoms with Crippen molar-refractivity contribution in [1.29, 1.82) is 5.26 Å². The van der Waals surface area contributed by atoms with Gasteiger partial charge in [0.2, 0.25) is 0 Å². The molecule has 1 amide bonds. The number of nitrogens with one attached hydrogen (secondary N) is 1. The first kappa shape index (κ1) is 14.0. The number of benzene rings is 1. The van der Waals surface area contributed by atoms with Crippen LogP contribution in [-0.2, 0) is 11.3 Å². The highest BCUT2D eigenvalue weighted by molar-refractivity contribution is 7.12. The molecule has 0 atom stereocenters. The van der Waals surface area contributed by atoms with E-state index in [4.69, 9.17) is 5.26 Å². The van der Waals surface area contributed by atoms with E-state index in [0.29, 0.717) is 6.54 Å². The van der Waals surface area contributed by atoms with Gasteiger partial charge in [-0.1, -0.05) is 30.3 Å².